The first-order valence-electron chi connectivity index (χ1n) is 15.2. The average molecular weight is 502 g/mol. The molecule has 0 aliphatic heterocycles. The van der Waals surface area contributed by atoms with Crippen LogP contribution in [0.3, 0.4) is 0 Å². The zero-order valence-corrected chi connectivity index (χ0v) is 24.5. The maximum Gasteiger partial charge on any atom is 0.251 e. The molecule has 0 aromatic heterocycles. The van der Waals surface area contributed by atoms with E-state index >= 15 is 0 Å². The fourth-order valence-corrected chi connectivity index (χ4v) is 4.87. The van der Waals surface area contributed by atoms with Gasteiger partial charge in [0.1, 0.15) is 0 Å². The fourth-order valence-electron chi connectivity index (χ4n) is 4.87. The van der Waals surface area contributed by atoms with Crippen molar-refractivity contribution in [3.05, 3.63) is 35.4 Å². The number of unbranched alkanes of at least 4 members (excludes halogenated alkanes) is 15. The molecule has 4 nitrogen and oxygen atoms in total. The van der Waals surface area contributed by atoms with Crippen molar-refractivity contribution in [3.8, 4) is 0 Å². The van der Waals surface area contributed by atoms with Gasteiger partial charge in [-0.15, -0.1) is 0 Å². The molecule has 0 bridgehead atoms. The van der Waals surface area contributed by atoms with Crippen LogP contribution in [0.15, 0.2) is 24.3 Å². The van der Waals surface area contributed by atoms with Crippen LogP contribution in [0.2, 0.25) is 0 Å². The molecule has 1 rings (SSSR count). The van der Waals surface area contributed by atoms with Gasteiger partial charge >= 0.3 is 0 Å². The first-order valence-corrected chi connectivity index (χ1v) is 15.2. The van der Waals surface area contributed by atoms with Crippen molar-refractivity contribution in [1.82, 2.24) is 15.1 Å². The molecule has 0 saturated heterocycles. The molecule has 1 aromatic carbocycles. The van der Waals surface area contributed by atoms with Gasteiger partial charge in [0.15, 0.2) is 0 Å². The van der Waals surface area contributed by atoms with E-state index in [1.54, 1.807) is 0 Å². The number of carbonyl (C=O) groups is 1. The maximum atomic E-state index is 12.7. The third-order valence-corrected chi connectivity index (χ3v) is 7.16. The van der Waals surface area contributed by atoms with Crippen molar-refractivity contribution in [2.75, 3.05) is 40.8 Å². The van der Waals surface area contributed by atoms with Gasteiger partial charge in [-0.1, -0.05) is 121 Å². The summed E-state index contributed by atoms with van der Waals surface area (Å²) in [6.45, 7) is 5.93. The third kappa shape index (κ3) is 17.9. The maximum absolute atomic E-state index is 12.7. The van der Waals surface area contributed by atoms with E-state index in [0.29, 0.717) is 0 Å². The number of nitrogens with one attached hydrogen (secondary N) is 1. The highest BCUT2D eigenvalue weighted by Crippen LogP contribution is 2.15. The van der Waals surface area contributed by atoms with Crippen LogP contribution in [0.1, 0.15) is 132 Å². The highest BCUT2D eigenvalue weighted by atomic mass is 16.1. The van der Waals surface area contributed by atoms with Crippen molar-refractivity contribution >= 4 is 5.91 Å². The van der Waals surface area contributed by atoms with Crippen molar-refractivity contribution in [2.24, 2.45) is 0 Å². The molecule has 0 radical (unpaired) electrons. The Morgan fingerprint density at radius 2 is 1.17 bits per heavy atom. The van der Waals surface area contributed by atoms with Gasteiger partial charge in [-0.2, -0.15) is 0 Å². The van der Waals surface area contributed by atoms with Gasteiger partial charge < -0.3 is 15.1 Å². The topological polar surface area (TPSA) is 35.6 Å². The van der Waals surface area contributed by atoms with Gasteiger partial charge in [-0.05, 0) is 58.7 Å². The number of rotatable bonds is 24. The first-order chi connectivity index (χ1) is 17.5. The van der Waals surface area contributed by atoms with E-state index < -0.39 is 0 Å². The van der Waals surface area contributed by atoms with Crippen LogP contribution in [0, 0.1) is 0 Å². The van der Waals surface area contributed by atoms with E-state index in [1.807, 2.05) is 18.2 Å². The lowest BCUT2D eigenvalue weighted by Crippen LogP contribution is -2.29. The highest BCUT2D eigenvalue weighted by molar-refractivity contribution is 5.95. The quantitative estimate of drug-likeness (QED) is 0.145. The summed E-state index contributed by atoms with van der Waals surface area (Å²) in [6, 6.07) is 8.06. The predicted octanol–water partition coefficient (Wildman–Crippen LogP) is 8.06. The van der Waals surface area contributed by atoms with E-state index in [1.165, 1.54) is 103 Å². The molecule has 0 aliphatic rings. The number of nitrogens with zero attached hydrogens (tertiary/aromatic N) is 2. The second-order valence-electron chi connectivity index (χ2n) is 11.1. The van der Waals surface area contributed by atoms with E-state index in [9.17, 15) is 4.79 Å². The number of benzene rings is 1. The molecular weight excluding hydrogens is 442 g/mol. The number of hydrogen-bond donors (Lipinski definition) is 1. The fraction of sp³-hybridized carbons (Fsp3) is 0.781. The summed E-state index contributed by atoms with van der Waals surface area (Å²) in [6.07, 6.45) is 23.4. The molecule has 0 atom stereocenters. The molecule has 36 heavy (non-hydrogen) atoms. The molecule has 0 unspecified atom stereocenters. The Labute approximate surface area is 224 Å². The minimum Gasteiger partial charge on any atom is -0.352 e. The lowest BCUT2D eigenvalue weighted by atomic mass is 10.0. The van der Waals surface area contributed by atoms with E-state index in [4.69, 9.17) is 0 Å². The van der Waals surface area contributed by atoms with Gasteiger partial charge in [-0.3, -0.25) is 4.79 Å². The molecule has 1 amide bonds. The summed E-state index contributed by atoms with van der Waals surface area (Å²) in [5.41, 5.74) is 1.95. The molecule has 4 heteroatoms. The van der Waals surface area contributed by atoms with Crippen molar-refractivity contribution in [1.29, 1.82) is 0 Å². The normalized spacial score (nSPS) is 11.5. The standard InChI is InChI=1S/C32H59N3O/c1-5-6-7-8-9-10-11-12-13-14-15-16-17-18-19-22-28-35(4)29-30-24-20-21-25-31(30)32(36)33-26-23-27-34(2)3/h20-21,24-25H,5-19,22-23,26-29H2,1-4H3,(H,33,36). The molecule has 0 fully saturated rings. The number of hydrogen-bond acceptors (Lipinski definition) is 3. The van der Waals surface area contributed by atoms with Crippen LogP contribution in [0.4, 0.5) is 0 Å². The first kappa shape index (κ1) is 32.6. The molecule has 0 spiro atoms. The number of amides is 1. The lowest BCUT2D eigenvalue weighted by Gasteiger charge is -2.19. The Morgan fingerprint density at radius 3 is 1.69 bits per heavy atom. The second kappa shape index (κ2) is 22.8. The minimum absolute atomic E-state index is 0.0557. The molecule has 0 saturated carbocycles. The van der Waals surface area contributed by atoms with Gasteiger partial charge in [0.05, 0.1) is 0 Å². The van der Waals surface area contributed by atoms with E-state index in [0.717, 1.165) is 43.7 Å². The van der Waals surface area contributed by atoms with Gasteiger partial charge in [0, 0.05) is 18.7 Å². The van der Waals surface area contributed by atoms with E-state index in [-0.39, 0.29) is 5.91 Å². The zero-order valence-electron chi connectivity index (χ0n) is 24.5. The Balaban J connectivity index is 2.04. The van der Waals surface area contributed by atoms with Gasteiger partial charge in [0.2, 0.25) is 0 Å². The minimum atomic E-state index is 0.0557. The van der Waals surface area contributed by atoms with Crippen LogP contribution in [0.25, 0.3) is 0 Å². The van der Waals surface area contributed by atoms with Gasteiger partial charge in [-0.25, -0.2) is 0 Å². The smallest absolute Gasteiger partial charge is 0.251 e. The Hall–Kier alpha value is -1.39. The monoisotopic (exact) mass is 501 g/mol. The largest absolute Gasteiger partial charge is 0.352 e. The van der Waals surface area contributed by atoms with Crippen molar-refractivity contribution < 1.29 is 4.79 Å². The molecule has 1 N–H and O–H groups in total. The van der Waals surface area contributed by atoms with Crippen LogP contribution >= 0.6 is 0 Å². The summed E-state index contributed by atoms with van der Waals surface area (Å²) in [4.78, 5) is 17.2. The van der Waals surface area contributed by atoms with Gasteiger partial charge in [0.25, 0.3) is 5.91 Å². The summed E-state index contributed by atoms with van der Waals surface area (Å²) in [7, 11) is 6.30. The lowest BCUT2D eigenvalue weighted by molar-refractivity contribution is 0.0950. The summed E-state index contributed by atoms with van der Waals surface area (Å²) in [5, 5.41) is 3.09. The van der Waals surface area contributed by atoms with Crippen LogP contribution < -0.4 is 5.32 Å². The molecule has 0 heterocycles. The zero-order chi connectivity index (χ0) is 26.3. The van der Waals surface area contributed by atoms with E-state index in [2.05, 4.69) is 49.2 Å². The van der Waals surface area contributed by atoms with Crippen molar-refractivity contribution in [3.63, 3.8) is 0 Å². The molecule has 1 aromatic rings. The molecule has 0 aliphatic carbocycles. The molecular formula is C32H59N3O. The molecule has 208 valence electrons. The average Bonchev–Trinajstić information content (AvgIpc) is 2.86. The Morgan fingerprint density at radius 1 is 0.667 bits per heavy atom. The third-order valence-electron chi connectivity index (χ3n) is 7.16. The SMILES string of the molecule is CCCCCCCCCCCCCCCCCCN(C)Cc1ccccc1C(=O)NCCCN(C)C. The highest BCUT2D eigenvalue weighted by Gasteiger charge is 2.12. The summed E-state index contributed by atoms with van der Waals surface area (Å²) in [5.74, 6) is 0.0557. The van der Waals surface area contributed by atoms with Crippen LogP contribution in [-0.4, -0.2) is 56.5 Å². The Kier molecular flexibility index (Phi) is 20.7. The van der Waals surface area contributed by atoms with Crippen LogP contribution in [0.5, 0.6) is 0 Å². The predicted molar refractivity (Wildman–Crippen MR) is 158 cm³/mol. The summed E-state index contributed by atoms with van der Waals surface area (Å²) >= 11 is 0. The second-order valence-corrected chi connectivity index (χ2v) is 11.1. The van der Waals surface area contributed by atoms with Crippen molar-refractivity contribution in [2.45, 2.75) is 123 Å². The number of carbonyl (C=O) groups excluding carboxylic acids is 1. The summed E-state index contributed by atoms with van der Waals surface area (Å²) < 4.78 is 0. The van der Waals surface area contributed by atoms with Crippen LogP contribution in [-0.2, 0) is 6.54 Å². The Bertz CT molecular complexity index is 646.